The van der Waals surface area contributed by atoms with E-state index in [2.05, 4.69) is 11.1 Å². The van der Waals surface area contributed by atoms with Gasteiger partial charge < -0.3 is 5.73 Å². The highest BCUT2D eigenvalue weighted by molar-refractivity contribution is 6.18. The van der Waals surface area contributed by atoms with Crippen LogP contribution in [-0.4, -0.2) is 23.7 Å². The minimum Gasteiger partial charge on any atom is -0.399 e. The Bertz CT molecular complexity index is 929. The Hall–Kier alpha value is -3.65. The fourth-order valence-corrected chi connectivity index (χ4v) is 2.35. The van der Waals surface area contributed by atoms with Crippen LogP contribution in [0.5, 0.6) is 0 Å². The van der Waals surface area contributed by atoms with Crippen LogP contribution in [-0.2, 0) is 4.79 Å². The monoisotopic (exact) mass is 328 g/mol. The van der Waals surface area contributed by atoms with Crippen molar-refractivity contribution in [2.24, 2.45) is 4.99 Å². The number of aliphatic imine (C=N–C) groups is 1. The van der Waals surface area contributed by atoms with E-state index in [1.165, 1.54) is 4.90 Å². The highest BCUT2D eigenvalue weighted by Gasteiger charge is 2.24. The number of rotatable bonds is 3. The van der Waals surface area contributed by atoms with Crippen LogP contribution in [0.15, 0.2) is 65.3 Å². The maximum Gasteiger partial charge on any atom is 0.277 e. The van der Waals surface area contributed by atoms with Crippen LogP contribution < -0.4 is 5.73 Å². The van der Waals surface area contributed by atoms with Crippen LogP contribution in [0.2, 0.25) is 0 Å². The second kappa shape index (κ2) is 6.85. The van der Waals surface area contributed by atoms with Gasteiger partial charge in [0, 0.05) is 12.7 Å². The molecule has 0 aliphatic carbocycles. The minimum atomic E-state index is -0.156. The van der Waals surface area contributed by atoms with Crippen LogP contribution in [0.25, 0.3) is 12.2 Å². The Morgan fingerprint density at radius 3 is 2.32 bits per heavy atom. The Morgan fingerprint density at radius 2 is 1.68 bits per heavy atom. The minimum absolute atomic E-state index is 0.156. The van der Waals surface area contributed by atoms with E-state index in [1.807, 2.05) is 30.3 Å². The molecule has 0 fully saturated rings. The summed E-state index contributed by atoms with van der Waals surface area (Å²) in [6.45, 7) is 0. The summed E-state index contributed by atoms with van der Waals surface area (Å²) >= 11 is 0. The first-order valence-corrected chi connectivity index (χ1v) is 7.69. The summed E-state index contributed by atoms with van der Waals surface area (Å²) in [5, 5.41) is 8.82. The molecule has 0 spiro atoms. The molecule has 2 N–H and O–H groups in total. The number of amides is 1. The molecule has 0 bridgehead atoms. The fraction of sp³-hybridized carbons (Fsp3) is 0.0500. The summed E-state index contributed by atoms with van der Waals surface area (Å²) in [4.78, 5) is 18.2. The number of benzene rings is 2. The smallest absolute Gasteiger partial charge is 0.277 e. The van der Waals surface area contributed by atoms with E-state index >= 15 is 0 Å². The molecule has 25 heavy (non-hydrogen) atoms. The van der Waals surface area contributed by atoms with Crippen LogP contribution in [0.1, 0.15) is 16.7 Å². The van der Waals surface area contributed by atoms with Gasteiger partial charge in [0.2, 0.25) is 0 Å². The van der Waals surface area contributed by atoms with Crippen molar-refractivity contribution in [3.05, 3.63) is 77.0 Å². The van der Waals surface area contributed by atoms with Gasteiger partial charge in [0.05, 0.1) is 11.6 Å². The summed E-state index contributed by atoms with van der Waals surface area (Å²) in [5.41, 5.74) is 9.13. The average molecular weight is 328 g/mol. The maximum absolute atomic E-state index is 12.3. The molecule has 1 aliphatic rings. The van der Waals surface area contributed by atoms with Gasteiger partial charge >= 0.3 is 0 Å². The zero-order valence-corrected chi connectivity index (χ0v) is 13.7. The van der Waals surface area contributed by atoms with Gasteiger partial charge in [-0.25, -0.2) is 4.99 Å². The van der Waals surface area contributed by atoms with E-state index in [4.69, 9.17) is 11.0 Å². The SMILES string of the molecule is CN1C(=O)/C(=C/c2ccc(N)cc2)N=C1/C=C/c1ccc(C#N)cc1. The lowest BCUT2D eigenvalue weighted by Gasteiger charge is -2.07. The number of carbonyl (C=O) groups excluding carboxylic acids is 1. The zero-order chi connectivity index (χ0) is 17.8. The van der Waals surface area contributed by atoms with Crippen molar-refractivity contribution in [2.75, 3.05) is 12.8 Å². The fourth-order valence-electron chi connectivity index (χ4n) is 2.35. The first-order chi connectivity index (χ1) is 12.1. The van der Waals surface area contributed by atoms with Crippen molar-refractivity contribution < 1.29 is 4.79 Å². The van der Waals surface area contributed by atoms with Crippen molar-refractivity contribution in [1.29, 1.82) is 5.26 Å². The number of hydrogen-bond acceptors (Lipinski definition) is 4. The van der Waals surface area contributed by atoms with Gasteiger partial charge in [-0.1, -0.05) is 30.3 Å². The predicted octanol–water partition coefficient (Wildman–Crippen LogP) is 3.07. The number of nitrogens with two attached hydrogens (primary N) is 1. The second-order valence-corrected chi connectivity index (χ2v) is 5.60. The van der Waals surface area contributed by atoms with Crippen LogP contribution in [0, 0.1) is 11.3 Å². The first kappa shape index (κ1) is 16.2. The summed E-state index contributed by atoms with van der Waals surface area (Å²) in [6, 6.07) is 16.5. The molecule has 0 atom stereocenters. The molecule has 122 valence electrons. The summed E-state index contributed by atoms with van der Waals surface area (Å²) in [6.07, 6.45) is 5.37. The average Bonchev–Trinajstić information content (AvgIpc) is 2.90. The molecule has 0 saturated carbocycles. The molecule has 1 amide bonds. The van der Waals surface area contributed by atoms with Gasteiger partial charge in [-0.15, -0.1) is 0 Å². The maximum atomic E-state index is 12.3. The number of nitrogens with zero attached hydrogens (tertiary/aromatic N) is 3. The van der Waals surface area contributed by atoms with Crippen molar-refractivity contribution in [2.45, 2.75) is 0 Å². The van der Waals surface area contributed by atoms with Crippen molar-refractivity contribution in [1.82, 2.24) is 4.90 Å². The Kier molecular flexibility index (Phi) is 4.44. The number of amidine groups is 1. The summed E-state index contributed by atoms with van der Waals surface area (Å²) in [7, 11) is 1.69. The molecule has 0 radical (unpaired) electrons. The zero-order valence-electron chi connectivity index (χ0n) is 13.7. The lowest BCUT2D eigenvalue weighted by atomic mass is 10.1. The van der Waals surface area contributed by atoms with E-state index in [1.54, 1.807) is 43.5 Å². The quantitative estimate of drug-likeness (QED) is 0.694. The molecule has 0 unspecified atom stereocenters. The van der Waals surface area contributed by atoms with Crippen LogP contribution in [0.3, 0.4) is 0 Å². The van der Waals surface area contributed by atoms with Crippen molar-refractivity contribution in [3.63, 3.8) is 0 Å². The number of hydrogen-bond donors (Lipinski definition) is 1. The molecule has 2 aromatic rings. The van der Waals surface area contributed by atoms with Gasteiger partial charge in [-0.05, 0) is 47.5 Å². The highest BCUT2D eigenvalue weighted by Crippen LogP contribution is 2.19. The van der Waals surface area contributed by atoms with Crippen LogP contribution in [0.4, 0.5) is 5.69 Å². The second-order valence-electron chi connectivity index (χ2n) is 5.60. The van der Waals surface area contributed by atoms with Gasteiger partial charge in [-0.3, -0.25) is 9.69 Å². The Balaban J connectivity index is 1.83. The number of nitriles is 1. The van der Waals surface area contributed by atoms with Gasteiger partial charge in [-0.2, -0.15) is 5.26 Å². The topological polar surface area (TPSA) is 82.5 Å². The molecular formula is C20H16N4O. The largest absolute Gasteiger partial charge is 0.399 e. The Labute approximate surface area is 146 Å². The molecule has 2 aromatic carbocycles. The highest BCUT2D eigenvalue weighted by atomic mass is 16.2. The lowest BCUT2D eigenvalue weighted by Crippen LogP contribution is -2.26. The third-order valence-corrected chi connectivity index (χ3v) is 3.81. The number of anilines is 1. The van der Waals surface area contributed by atoms with Crippen molar-refractivity contribution in [3.8, 4) is 6.07 Å². The molecule has 0 aromatic heterocycles. The van der Waals surface area contributed by atoms with Crippen molar-refractivity contribution >= 4 is 29.6 Å². The predicted molar refractivity (Wildman–Crippen MR) is 99.2 cm³/mol. The van der Waals surface area contributed by atoms with E-state index < -0.39 is 0 Å². The van der Waals surface area contributed by atoms with Crippen LogP contribution >= 0.6 is 0 Å². The number of likely N-dealkylation sites (N-methyl/N-ethyl adjacent to an activating group) is 1. The van der Waals surface area contributed by atoms with E-state index in [0.29, 0.717) is 22.8 Å². The molecule has 5 heteroatoms. The molecule has 0 saturated heterocycles. The Morgan fingerprint density at radius 1 is 1.04 bits per heavy atom. The van der Waals surface area contributed by atoms with E-state index in [9.17, 15) is 4.79 Å². The molecule has 3 rings (SSSR count). The molecular weight excluding hydrogens is 312 g/mol. The van der Waals surface area contributed by atoms with Gasteiger partial charge in [0.25, 0.3) is 5.91 Å². The number of nitrogen functional groups attached to an aromatic ring is 1. The summed E-state index contributed by atoms with van der Waals surface area (Å²) in [5.74, 6) is 0.410. The third-order valence-electron chi connectivity index (χ3n) is 3.81. The molecule has 1 heterocycles. The summed E-state index contributed by atoms with van der Waals surface area (Å²) < 4.78 is 0. The standard InChI is InChI=1S/C20H16N4O/c1-24-19(11-8-14-2-4-16(13-21)5-3-14)23-18(20(24)25)12-15-6-9-17(22)10-7-15/h2-12H,22H2,1H3/b11-8+,18-12-. The third kappa shape index (κ3) is 3.65. The van der Waals surface area contributed by atoms with E-state index in [-0.39, 0.29) is 5.91 Å². The molecule has 1 aliphatic heterocycles. The lowest BCUT2D eigenvalue weighted by molar-refractivity contribution is -0.121. The van der Waals surface area contributed by atoms with Gasteiger partial charge in [0.15, 0.2) is 0 Å². The normalized spacial score (nSPS) is 15.7. The number of carbonyl (C=O) groups is 1. The van der Waals surface area contributed by atoms with Gasteiger partial charge in [0.1, 0.15) is 11.5 Å². The van der Waals surface area contributed by atoms with E-state index in [0.717, 1.165) is 11.1 Å². The first-order valence-electron chi connectivity index (χ1n) is 7.69. The molecule has 5 nitrogen and oxygen atoms in total.